The topological polar surface area (TPSA) is 33.1 Å². The summed E-state index contributed by atoms with van der Waals surface area (Å²) in [5.41, 5.74) is 1.21. The van der Waals surface area contributed by atoms with Gasteiger partial charge in [-0.1, -0.05) is 24.9 Å². The number of benzene rings is 1. The summed E-state index contributed by atoms with van der Waals surface area (Å²) in [5, 5.41) is 7.99. The number of alkyl halides is 3. The van der Waals surface area contributed by atoms with Gasteiger partial charge in [-0.05, 0) is 50.6 Å². The third kappa shape index (κ3) is 3.31. The monoisotopic (exact) mass is 398 g/mol. The minimum atomic E-state index is -4.50. The number of likely N-dealkylation sites (tertiary alicyclic amines) is 1. The Kier molecular flexibility index (Phi) is 4.84. The molecule has 2 aliphatic heterocycles. The lowest BCUT2D eigenvalue weighted by Crippen LogP contribution is -2.34. The van der Waals surface area contributed by atoms with Crippen molar-refractivity contribution in [3.63, 3.8) is 0 Å². The summed E-state index contributed by atoms with van der Waals surface area (Å²) in [6.07, 6.45) is -0.457. The van der Waals surface area contributed by atoms with Gasteiger partial charge in [-0.25, -0.2) is 4.68 Å². The molecule has 0 bridgehead atoms. The van der Waals surface area contributed by atoms with E-state index in [0.717, 1.165) is 56.1 Å². The van der Waals surface area contributed by atoms with Crippen molar-refractivity contribution in [1.82, 2.24) is 14.7 Å². The maximum absolute atomic E-state index is 13.6. The van der Waals surface area contributed by atoms with E-state index in [2.05, 4.69) is 17.1 Å². The summed E-state index contributed by atoms with van der Waals surface area (Å²) < 4.78 is 42.3. The fourth-order valence-electron chi connectivity index (χ4n) is 4.24. The molecule has 0 spiro atoms. The molecule has 4 nitrogen and oxygen atoms in total. The number of rotatable bonds is 3. The van der Waals surface area contributed by atoms with Crippen LogP contribution < -0.4 is 5.32 Å². The number of nitrogens with one attached hydrogen (secondary N) is 1. The second kappa shape index (κ2) is 7.02. The molecule has 146 valence electrons. The molecule has 1 fully saturated rings. The zero-order valence-corrected chi connectivity index (χ0v) is 15.9. The van der Waals surface area contributed by atoms with Gasteiger partial charge in [0, 0.05) is 17.1 Å². The first-order valence-electron chi connectivity index (χ1n) is 9.37. The molecular formula is C19H22ClF3N4. The average molecular weight is 399 g/mol. The summed E-state index contributed by atoms with van der Waals surface area (Å²) in [6, 6.07) is 4.02. The lowest BCUT2D eigenvalue weighted by molar-refractivity contribution is -0.137. The highest BCUT2D eigenvalue weighted by molar-refractivity contribution is 6.30. The van der Waals surface area contributed by atoms with Crippen molar-refractivity contribution >= 4 is 17.4 Å². The number of anilines is 1. The first kappa shape index (κ1) is 18.6. The quantitative estimate of drug-likeness (QED) is 0.784. The molecule has 1 unspecified atom stereocenters. The molecule has 1 saturated heterocycles. The normalized spacial score (nSPS) is 20.6. The number of hydrogen-bond acceptors (Lipinski definition) is 3. The van der Waals surface area contributed by atoms with E-state index in [4.69, 9.17) is 16.7 Å². The number of hydrogen-bond donors (Lipinski definition) is 1. The van der Waals surface area contributed by atoms with E-state index >= 15 is 0 Å². The van der Waals surface area contributed by atoms with Crippen molar-refractivity contribution in [2.75, 3.05) is 25.0 Å². The van der Waals surface area contributed by atoms with Gasteiger partial charge in [0.25, 0.3) is 0 Å². The van der Waals surface area contributed by atoms with Crippen molar-refractivity contribution in [3.05, 3.63) is 40.0 Å². The standard InChI is InChI=1S/C19H22ClF3N4/c1-2-26-10-4-3-5-16(26)17-13-8-9-24-18(13)27(25-17)15-7-6-12(20)11-14(15)19(21,22)23/h6-7,11,16,24H,2-5,8-10H2,1H3. The molecule has 0 amide bonds. The van der Waals surface area contributed by atoms with Gasteiger partial charge in [0.1, 0.15) is 5.82 Å². The van der Waals surface area contributed by atoms with Gasteiger partial charge in [0.2, 0.25) is 0 Å². The molecule has 2 aromatic rings. The van der Waals surface area contributed by atoms with Crippen molar-refractivity contribution in [2.24, 2.45) is 0 Å². The summed E-state index contributed by atoms with van der Waals surface area (Å²) in [7, 11) is 0. The van der Waals surface area contributed by atoms with Gasteiger partial charge < -0.3 is 5.32 Å². The van der Waals surface area contributed by atoms with Crippen molar-refractivity contribution in [1.29, 1.82) is 0 Å². The molecule has 0 aliphatic carbocycles. The molecule has 0 saturated carbocycles. The third-order valence-corrected chi connectivity index (χ3v) is 5.74. The summed E-state index contributed by atoms with van der Waals surface area (Å²) in [4.78, 5) is 2.38. The van der Waals surface area contributed by atoms with Crippen molar-refractivity contribution < 1.29 is 13.2 Å². The Morgan fingerprint density at radius 2 is 2.11 bits per heavy atom. The number of nitrogens with zero attached hydrogens (tertiary/aromatic N) is 3. The van der Waals surface area contributed by atoms with Gasteiger partial charge in [0.05, 0.1) is 23.0 Å². The SMILES string of the molecule is CCN1CCCCC1c1nn(-c2ccc(Cl)cc2C(F)(F)F)c2c1CCN2. The van der Waals surface area contributed by atoms with Crippen LogP contribution in [0, 0.1) is 0 Å². The fourth-order valence-corrected chi connectivity index (χ4v) is 4.41. The van der Waals surface area contributed by atoms with Gasteiger partial charge in [-0.2, -0.15) is 18.3 Å². The highest BCUT2D eigenvalue weighted by atomic mass is 35.5. The molecular weight excluding hydrogens is 377 g/mol. The van der Waals surface area contributed by atoms with Crippen LogP contribution >= 0.6 is 11.6 Å². The lowest BCUT2D eigenvalue weighted by atomic mass is 9.96. The van der Waals surface area contributed by atoms with Crippen molar-refractivity contribution in [3.8, 4) is 5.69 Å². The Bertz CT molecular complexity index is 846. The van der Waals surface area contributed by atoms with E-state index in [-0.39, 0.29) is 16.8 Å². The van der Waals surface area contributed by atoms with Crippen LogP contribution in [0.2, 0.25) is 5.02 Å². The average Bonchev–Trinajstić information content (AvgIpc) is 3.24. The minimum absolute atomic E-state index is 0.0163. The number of piperidine rings is 1. The van der Waals surface area contributed by atoms with Crippen molar-refractivity contribution in [2.45, 2.75) is 44.8 Å². The van der Waals surface area contributed by atoms with Crippen LogP contribution in [0.3, 0.4) is 0 Å². The molecule has 27 heavy (non-hydrogen) atoms. The Balaban J connectivity index is 1.85. The van der Waals surface area contributed by atoms with Gasteiger partial charge in [0.15, 0.2) is 0 Å². The van der Waals surface area contributed by atoms with Crippen LogP contribution in [0.15, 0.2) is 18.2 Å². The van der Waals surface area contributed by atoms with E-state index in [1.54, 1.807) is 0 Å². The first-order chi connectivity index (χ1) is 12.9. The highest BCUT2D eigenvalue weighted by Crippen LogP contribution is 2.41. The van der Waals surface area contributed by atoms with Crippen LogP contribution in [0.5, 0.6) is 0 Å². The second-order valence-electron chi connectivity index (χ2n) is 7.10. The fraction of sp³-hybridized carbons (Fsp3) is 0.526. The van der Waals surface area contributed by atoms with E-state index in [1.807, 2.05) is 0 Å². The molecule has 2 aliphatic rings. The maximum Gasteiger partial charge on any atom is 0.418 e. The van der Waals surface area contributed by atoms with E-state index in [0.29, 0.717) is 12.4 Å². The third-order valence-electron chi connectivity index (χ3n) is 5.51. The van der Waals surface area contributed by atoms with E-state index in [1.165, 1.54) is 16.8 Å². The molecule has 1 N–H and O–H groups in total. The van der Waals surface area contributed by atoms with Crippen LogP contribution in [-0.2, 0) is 12.6 Å². The van der Waals surface area contributed by atoms with Crippen LogP contribution in [-0.4, -0.2) is 34.3 Å². The Labute approximate surface area is 161 Å². The molecule has 8 heteroatoms. The van der Waals surface area contributed by atoms with Crippen LogP contribution in [0.4, 0.5) is 19.0 Å². The van der Waals surface area contributed by atoms with E-state index < -0.39 is 11.7 Å². The van der Waals surface area contributed by atoms with Gasteiger partial charge >= 0.3 is 6.18 Å². The zero-order valence-electron chi connectivity index (χ0n) is 15.1. The summed E-state index contributed by atoms with van der Waals surface area (Å²) in [6.45, 7) is 4.75. The predicted molar refractivity (Wildman–Crippen MR) is 99.6 cm³/mol. The number of halogens is 4. The lowest BCUT2D eigenvalue weighted by Gasteiger charge is -2.34. The highest BCUT2D eigenvalue weighted by Gasteiger charge is 2.37. The summed E-state index contributed by atoms with van der Waals surface area (Å²) in [5.74, 6) is 0.680. The van der Waals surface area contributed by atoms with Crippen LogP contribution in [0.1, 0.15) is 49.0 Å². The molecule has 1 aromatic heterocycles. The molecule has 0 radical (unpaired) electrons. The molecule has 1 aromatic carbocycles. The molecule has 1 atom stereocenters. The smallest absolute Gasteiger partial charge is 0.369 e. The number of fused-ring (bicyclic) bond motifs is 1. The van der Waals surface area contributed by atoms with Gasteiger partial charge in [-0.15, -0.1) is 0 Å². The largest absolute Gasteiger partial charge is 0.418 e. The Hall–Kier alpha value is -1.73. The molecule has 4 rings (SSSR count). The van der Waals surface area contributed by atoms with Crippen LogP contribution in [0.25, 0.3) is 5.69 Å². The zero-order chi connectivity index (χ0) is 19.2. The summed E-state index contributed by atoms with van der Waals surface area (Å²) >= 11 is 5.84. The minimum Gasteiger partial charge on any atom is -0.369 e. The Morgan fingerprint density at radius 3 is 2.85 bits per heavy atom. The predicted octanol–water partition coefficient (Wildman–Crippen LogP) is 5.06. The second-order valence-corrected chi connectivity index (χ2v) is 7.54. The number of aromatic nitrogens is 2. The Morgan fingerprint density at radius 1 is 1.30 bits per heavy atom. The van der Waals surface area contributed by atoms with E-state index in [9.17, 15) is 13.2 Å². The molecule has 3 heterocycles. The maximum atomic E-state index is 13.6. The first-order valence-corrected chi connectivity index (χ1v) is 9.74. The van der Waals surface area contributed by atoms with Gasteiger partial charge in [-0.3, -0.25) is 4.90 Å².